The molecular weight excluding hydrogens is 308 g/mol. The molecule has 0 spiro atoms. The van der Waals surface area contributed by atoms with Crippen molar-refractivity contribution >= 4 is 5.91 Å². The highest BCUT2D eigenvalue weighted by Crippen LogP contribution is 2.32. The molecule has 2 aromatic carbocycles. The van der Waals surface area contributed by atoms with Gasteiger partial charge in [0.25, 0.3) is 0 Å². The number of carbonyl (C=O) groups is 1. The molecule has 3 nitrogen and oxygen atoms in total. The van der Waals surface area contributed by atoms with Crippen molar-refractivity contribution in [3.8, 4) is 0 Å². The van der Waals surface area contributed by atoms with Gasteiger partial charge < -0.3 is 5.32 Å². The Hall–Kier alpha value is -2.13. The number of piperidine rings is 1. The average molecular weight is 334 g/mol. The van der Waals surface area contributed by atoms with Crippen molar-refractivity contribution < 1.29 is 4.79 Å². The van der Waals surface area contributed by atoms with Gasteiger partial charge in [0.1, 0.15) is 0 Å². The van der Waals surface area contributed by atoms with Gasteiger partial charge in [-0.1, -0.05) is 60.7 Å². The highest BCUT2D eigenvalue weighted by molar-refractivity contribution is 5.79. The van der Waals surface area contributed by atoms with Gasteiger partial charge in [0.05, 0.1) is 5.92 Å². The van der Waals surface area contributed by atoms with Crippen LogP contribution < -0.4 is 5.32 Å². The largest absolute Gasteiger partial charge is 0.353 e. The van der Waals surface area contributed by atoms with Crippen LogP contribution in [0.2, 0.25) is 0 Å². The SMILES string of the molecule is O=C(NC1CC1)C1CC(c2ccccc2)CN(Cc2ccccc2)C1. The van der Waals surface area contributed by atoms with Crippen LogP contribution in [0.4, 0.5) is 0 Å². The van der Waals surface area contributed by atoms with Crippen LogP contribution in [0.3, 0.4) is 0 Å². The first-order valence-corrected chi connectivity index (χ1v) is 9.39. The second-order valence-corrected chi connectivity index (χ2v) is 7.50. The zero-order chi connectivity index (χ0) is 17.1. The van der Waals surface area contributed by atoms with Gasteiger partial charge in [0.15, 0.2) is 0 Å². The lowest BCUT2D eigenvalue weighted by Gasteiger charge is -2.37. The summed E-state index contributed by atoms with van der Waals surface area (Å²) in [6, 6.07) is 21.7. The maximum Gasteiger partial charge on any atom is 0.224 e. The number of benzene rings is 2. The summed E-state index contributed by atoms with van der Waals surface area (Å²) in [4.78, 5) is 15.1. The van der Waals surface area contributed by atoms with E-state index in [1.807, 2.05) is 0 Å². The molecule has 3 heteroatoms. The molecule has 1 saturated carbocycles. The van der Waals surface area contributed by atoms with Crippen LogP contribution >= 0.6 is 0 Å². The minimum Gasteiger partial charge on any atom is -0.353 e. The summed E-state index contributed by atoms with van der Waals surface area (Å²) in [6.45, 7) is 2.79. The van der Waals surface area contributed by atoms with Crippen molar-refractivity contribution in [1.29, 1.82) is 0 Å². The minimum atomic E-state index is 0.0864. The first kappa shape index (κ1) is 16.3. The van der Waals surface area contributed by atoms with E-state index in [-0.39, 0.29) is 11.8 Å². The number of nitrogens with zero attached hydrogens (tertiary/aromatic N) is 1. The molecule has 1 amide bonds. The smallest absolute Gasteiger partial charge is 0.224 e. The van der Waals surface area contributed by atoms with Gasteiger partial charge in [-0.15, -0.1) is 0 Å². The molecule has 0 bridgehead atoms. The van der Waals surface area contributed by atoms with Gasteiger partial charge in [0, 0.05) is 25.7 Å². The van der Waals surface area contributed by atoms with Gasteiger partial charge in [-0.25, -0.2) is 0 Å². The van der Waals surface area contributed by atoms with E-state index in [9.17, 15) is 4.79 Å². The van der Waals surface area contributed by atoms with Crippen molar-refractivity contribution in [2.45, 2.75) is 37.8 Å². The Labute approximate surface area is 150 Å². The van der Waals surface area contributed by atoms with Gasteiger partial charge in [-0.2, -0.15) is 0 Å². The molecular formula is C22H26N2O. The maximum absolute atomic E-state index is 12.7. The maximum atomic E-state index is 12.7. The molecule has 2 aromatic rings. The second kappa shape index (κ2) is 7.40. The molecule has 0 radical (unpaired) electrons. The number of rotatable bonds is 5. The monoisotopic (exact) mass is 334 g/mol. The zero-order valence-corrected chi connectivity index (χ0v) is 14.6. The summed E-state index contributed by atoms with van der Waals surface area (Å²) >= 11 is 0. The number of hydrogen-bond acceptors (Lipinski definition) is 2. The summed E-state index contributed by atoms with van der Waals surface area (Å²) in [5, 5.41) is 3.21. The first-order valence-electron chi connectivity index (χ1n) is 9.39. The fraction of sp³-hybridized carbons (Fsp3) is 0.409. The molecule has 4 rings (SSSR count). The molecule has 1 N–H and O–H groups in total. The third-order valence-electron chi connectivity index (χ3n) is 5.34. The van der Waals surface area contributed by atoms with E-state index in [0.717, 1.165) is 38.9 Å². The summed E-state index contributed by atoms with van der Waals surface area (Å²) in [6.07, 6.45) is 3.25. The molecule has 1 aliphatic heterocycles. The highest BCUT2D eigenvalue weighted by Gasteiger charge is 2.34. The van der Waals surface area contributed by atoms with E-state index in [2.05, 4.69) is 70.9 Å². The van der Waals surface area contributed by atoms with Gasteiger partial charge >= 0.3 is 0 Å². The molecule has 2 unspecified atom stereocenters. The number of amides is 1. The highest BCUT2D eigenvalue weighted by atomic mass is 16.2. The lowest BCUT2D eigenvalue weighted by molar-refractivity contribution is -0.127. The Morgan fingerprint density at radius 1 is 0.960 bits per heavy atom. The minimum absolute atomic E-state index is 0.0864. The lowest BCUT2D eigenvalue weighted by Crippen LogP contribution is -2.45. The van der Waals surface area contributed by atoms with Crippen molar-refractivity contribution in [2.75, 3.05) is 13.1 Å². The van der Waals surface area contributed by atoms with Crippen LogP contribution in [-0.2, 0) is 11.3 Å². The van der Waals surface area contributed by atoms with E-state index in [4.69, 9.17) is 0 Å². The van der Waals surface area contributed by atoms with E-state index in [1.165, 1.54) is 11.1 Å². The molecule has 1 aliphatic carbocycles. The number of nitrogens with one attached hydrogen (secondary N) is 1. The zero-order valence-electron chi connectivity index (χ0n) is 14.6. The van der Waals surface area contributed by atoms with E-state index >= 15 is 0 Å². The van der Waals surface area contributed by atoms with Gasteiger partial charge in [0.2, 0.25) is 5.91 Å². The average Bonchev–Trinajstić information content (AvgIpc) is 3.47. The Kier molecular flexibility index (Phi) is 4.84. The summed E-state index contributed by atoms with van der Waals surface area (Å²) in [7, 11) is 0. The fourth-order valence-corrected chi connectivity index (χ4v) is 3.86. The molecule has 2 fully saturated rings. The molecule has 1 heterocycles. The van der Waals surface area contributed by atoms with Crippen LogP contribution in [0.15, 0.2) is 60.7 Å². The van der Waals surface area contributed by atoms with Crippen molar-refractivity contribution in [2.24, 2.45) is 5.92 Å². The summed E-state index contributed by atoms with van der Waals surface area (Å²) in [5.41, 5.74) is 2.67. The van der Waals surface area contributed by atoms with Crippen LogP contribution in [0.25, 0.3) is 0 Å². The number of hydrogen-bond donors (Lipinski definition) is 1. The van der Waals surface area contributed by atoms with Crippen molar-refractivity contribution in [3.05, 3.63) is 71.8 Å². The Morgan fingerprint density at radius 3 is 2.32 bits per heavy atom. The molecule has 2 aliphatic rings. The molecule has 1 saturated heterocycles. The summed E-state index contributed by atoms with van der Waals surface area (Å²) < 4.78 is 0. The third-order valence-corrected chi connectivity index (χ3v) is 5.34. The predicted molar refractivity (Wildman–Crippen MR) is 100 cm³/mol. The molecule has 130 valence electrons. The van der Waals surface area contributed by atoms with E-state index in [0.29, 0.717) is 12.0 Å². The van der Waals surface area contributed by atoms with Gasteiger partial charge in [-0.3, -0.25) is 9.69 Å². The number of likely N-dealkylation sites (tertiary alicyclic amines) is 1. The van der Waals surface area contributed by atoms with Crippen LogP contribution in [0.5, 0.6) is 0 Å². The quantitative estimate of drug-likeness (QED) is 0.906. The summed E-state index contributed by atoms with van der Waals surface area (Å²) in [5.74, 6) is 0.762. The lowest BCUT2D eigenvalue weighted by atomic mass is 9.84. The Balaban J connectivity index is 1.50. The van der Waals surface area contributed by atoms with Crippen LogP contribution in [0, 0.1) is 5.92 Å². The Morgan fingerprint density at radius 2 is 1.64 bits per heavy atom. The van der Waals surface area contributed by atoms with Crippen LogP contribution in [0.1, 0.15) is 36.3 Å². The normalized spacial score (nSPS) is 24.0. The van der Waals surface area contributed by atoms with E-state index in [1.54, 1.807) is 0 Å². The van der Waals surface area contributed by atoms with E-state index < -0.39 is 0 Å². The van der Waals surface area contributed by atoms with Crippen molar-refractivity contribution in [3.63, 3.8) is 0 Å². The predicted octanol–water partition coefficient (Wildman–Crippen LogP) is 3.57. The molecule has 2 atom stereocenters. The third kappa shape index (κ3) is 4.29. The number of carbonyl (C=O) groups excluding carboxylic acids is 1. The fourth-order valence-electron chi connectivity index (χ4n) is 3.86. The van der Waals surface area contributed by atoms with Crippen molar-refractivity contribution in [1.82, 2.24) is 10.2 Å². The molecule has 25 heavy (non-hydrogen) atoms. The van der Waals surface area contributed by atoms with Crippen LogP contribution in [-0.4, -0.2) is 29.9 Å². The molecule has 0 aromatic heterocycles. The van der Waals surface area contributed by atoms with Gasteiger partial charge in [-0.05, 0) is 36.3 Å². The second-order valence-electron chi connectivity index (χ2n) is 7.50. The standard InChI is InChI=1S/C22H26N2O/c25-22(23-21-11-12-21)20-13-19(18-9-5-2-6-10-18)15-24(16-20)14-17-7-3-1-4-8-17/h1-10,19-21H,11-16H2,(H,23,25). The topological polar surface area (TPSA) is 32.3 Å². The first-order chi connectivity index (χ1) is 12.3. The Bertz CT molecular complexity index is 696.